The Hall–Kier alpha value is -3.06. The van der Waals surface area contributed by atoms with Gasteiger partial charge in [-0.2, -0.15) is 0 Å². The molecule has 1 spiro atoms. The molecule has 7 nitrogen and oxygen atoms in total. The monoisotopic (exact) mass is 394 g/mol. The van der Waals surface area contributed by atoms with Crippen LogP contribution in [0.5, 0.6) is 5.75 Å². The Morgan fingerprint density at radius 2 is 2.14 bits per heavy atom. The molecule has 2 fully saturated rings. The van der Waals surface area contributed by atoms with Crippen molar-refractivity contribution in [1.29, 1.82) is 0 Å². The maximum absolute atomic E-state index is 13.1. The van der Waals surface area contributed by atoms with Crippen LogP contribution in [0.4, 0.5) is 0 Å². The number of hydrogen-bond acceptors (Lipinski definition) is 5. The highest BCUT2D eigenvalue weighted by Gasteiger charge is 2.66. The Balaban J connectivity index is 1.29. The summed E-state index contributed by atoms with van der Waals surface area (Å²) in [5.41, 5.74) is 0.252. The van der Waals surface area contributed by atoms with Gasteiger partial charge in [0.15, 0.2) is 0 Å². The van der Waals surface area contributed by atoms with Crippen molar-refractivity contribution in [2.24, 2.45) is 11.8 Å². The van der Waals surface area contributed by atoms with Gasteiger partial charge in [-0.1, -0.05) is 24.3 Å². The van der Waals surface area contributed by atoms with Gasteiger partial charge in [-0.25, -0.2) is 0 Å². The number of methoxy groups -OCH3 is 1. The summed E-state index contributed by atoms with van der Waals surface area (Å²) in [6.07, 6.45) is 5.10. The number of amides is 2. The zero-order chi connectivity index (χ0) is 20.0. The van der Waals surface area contributed by atoms with Crippen LogP contribution in [0.2, 0.25) is 0 Å². The van der Waals surface area contributed by atoms with E-state index in [1.54, 1.807) is 24.3 Å². The summed E-state index contributed by atoms with van der Waals surface area (Å²) in [5, 5.41) is 2.97. The first-order valence-corrected chi connectivity index (χ1v) is 9.69. The largest absolute Gasteiger partial charge is 0.497 e. The summed E-state index contributed by atoms with van der Waals surface area (Å²) < 4.78 is 16.7. The second-order valence-corrected chi connectivity index (χ2v) is 7.74. The van der Waals surface area contributed by atoms with Crippen molar-refractivity contribution in [3.63, 3.8) is 0 Å². The molecule has 4 atom stereocenters. The molecule has 4 heterocycles. The molecule has 0 saturated carbocycles. The van der Waals surface area contributed by atoms with Crippen LogP contribution >= 0.6 is 0 Å². The van der Waals surface area contributed by atoms with E-state index < -0.39 is 17.4 Å². The molecule has 5 rings (SSSR count). The van der Waals surface area contributed by atoms with Gasteiger partial charge in [0, 0.05) is 6.54 Å². The molecule has 3 aliphatic heterocycles. The van der Waals surface area contributed by atoms with Crippen molar-refractivity contribution >= 4 is 11.8 Å². The summed E-state index contributed by atoms with van der Waals surface area (Å²) in [7, 11) is 1.61. The molecule has 2 saturated heterocycles. The lowest BCUT2D eigenvalue weighted by Gasteiger charge is -2.23. The number of nitrogens with zero attached hydrogens (tertiary/aromatic N) is 1. The first-order chi connectivity index (χ1) is 14.1. The molecule has 7 heteroatoms. The van der Waals surface area contributed by atoms with Gasteiger partial charge in [0.1, 0.15) is 17.1 Å². The van der Waals surface area contributed by atoms with Crippen LogP contribution in [0, 0.1) is 11.8 Å². The van der Waals surface area contributed by atoms with E-state index in [0.717, 1.165) is 11.3 Å². The number of nitrogens with one attached hydrogen (secondary N) is 1. The molecule has 0 unspecified atom stereocenters. The Labute approximate surface area is 168 Å². The predicted octanol–water partition coefficient (Wildman–Crippen LogP) is 1.89. The third-order valence-corrected chi connectivity index (χ3v) is 6.03. The lowest BCUT2D eigenvalue weighted by Crippen LogP contribution is -2.43. The second-order valence-electron chi connectivity index (χ2n) is 7.74. The van der Waals surface area contributed by atoms with Gasteiger partial charge in [0.25, 0.3) is 0 Å². The Kier molecular flexibility index (Phi) is 4.20. The Bertz CT molecular complexity index is 952. The van der Waals surface area contributed by atoms with Gasteiger partial charge in [0.05, 0.1) is 44.4 Å². The van der Waals surface area contributed by atoms with E-state index in [1.807, 2.05) is 42.5 Å². The summed E-state index contributed by atoms with van der Waals surface area (Å²) in [6, 6.07) is 11.2. The molecule has 2 aromatic rings. The Morgan fingerprint density at radius 1 is 1.31 bits per heavy atom. The van der Waals surface area contributed by atoms with Crippen molar-refractivity contribution in [3.8, 4) is 5.75 Å². The topological polar surface area (TPSA) is 81.0 Å². The lowest BCUT2D eigenvalue weighted by atomic mass is 9.77. The van der Waals surface area contributed by atoms with Crippen LogP contribution in [0.1, 0.15) is 11.3 Å². The van der Waals surface area contributed by atoms with E-state index in [1.165, 1.54) is 0 Å². The summed E-state index contributed by atoms with van der Waals surface area (Å²) in [6.45, 7) is 1.21. The molecule has 150 valence electrons. The normalized spacial score (nSPS) is 29.3. The lowest BCUT2D eigenvalue weighted by molar-refractivity contribution is -0.138. The van der Waals surface area contributed by atoms with Gasteiger partial charge in [-0.15, -0.1) is 0 Å². The van der Waals surface area contributed by atoms with Crippen LogP contribution in [0.3, 0.4) is 0 Å². The highest BCUT2D eigenvalue weighted by molar-refractivity contribution is 5.93. The van der Waals surface area contributed by atoms with E-state index >= 15 is 0 Å². The molecule has 1 N–H and O–H groups in total. The zero-order valence-corrected chi connectivity index (χ0v) is 16.0. The average molecular weight is 394 g/mol. The fourth-order valence-corrected chi connectivity index (χ4v) is 4.65. The maximum Gasteiger partial charge on any atom is 0.230 e. The van der Waals surface area contributed by atoms with Crippen LogP contribution in [-0.2, 0) is 27.4 Å². The minimum atomic E-state index is -0.712. The Morgan fingerprint density at radius 3 is 2.86 bits per heavy atom. The van der Waals surface area contributed by atoms with Gasteiger partial charge in [-0.3, -0.25) is 9.59 Å². The zero-order valence-electron chi connectivity index (χ0n) is 16.0. The number of ether oxygens (including phenoxy) is 2. The average Bonchev–Trinajstić information content (AvgIpc) is 3.50. The third-order valence-electron chi connectivity index (χ3n) is 6.03. The summed E-state index contributed by atoms with van der Waals surface area (Å²) in [4.78, 5) is 27.9. The number of likely N-dealkylation sites (tertiary alicyclic amines) is 1. The van der Waals surface area contributed by atoms with Crippen molar-refractivity contribution in [2.75, 3.05) is 13.7 Å². The number of carbonyl (C=O) groups excluding carboxylic acids is 2. The minimum absolute atomic E-state index is 0.0575. The van der Waals surface area contributed by atoms with E-state index in [2.05, 4.69) is 5.32 Å². The van der Waals surface area contributed by atoms with Crippen molar-refractivity contribution in [1.82, 2.24) is 10.2 Å². The number of rotatable bonds is 6. The molecule has 0 aliphatic carbocycles. The molecule has 2 amide bonds. The quantitative estimate of drug-likeness (QED) is 0.757. The molecule has 0 radical (unpaired) electrons. The molecule has 3 aliphatic rings. The number of furan rings is 1. The van der Waals surface area contributed by atoms with E-state index in [-0.39, 0.29) is 17.9 Å². The van der Waals surface area contributed by atoms with Gasteiger partial charge in [0.2, 0.25) is 11.8 Å². The van der Waals surface area contributed by atoms with Crippen LogP contribution in [0.25, 0.3) is 0 Å². The minimum Gasteiger partial charge on any atom is -0.497 e. The number of carbonyl (C=O) groups is 2. The van der Waals surface area contributed by atoms with Gasteiger partial charge >= 0.3 is 0 Å². The molecular formula is C22H22N2O5. The van der Waals surface area contributed by atoms with Crippen LogP contribution in [-0.4, -0.2) is 42.1 Å². The standard InChI is InChI=1S/C22H22N2O5/c1-27-15-6-4-14(5-7-15)11-23-20(25)18-17-8-9-22(29-17)13-24(21(26)19(18)22)12-16-3-2-10-28-16/h2-10,17-19H,11-13H2,1H3,(H,23,25)/t17-,18-,19+,22+/m0/s1. The molecular weight excluding hydrogens is 372 g/mol. The fraction of sp³-hybridized carbons (Fsp3) is 0.364. The fourth-order valence-electron chi connectivity index (χ4n) is 4.65. The van der Waals surface area contributed by atoms with Crippen molar-refractivity contribution in [3.05, 3.63) is 66.1 Å². The number of fused-ring (bicyclic) bond motifs is 1. The van der Waals surface area contributed by atoms with Crippen molar-refractivity contribution in [2.45, 2.75) is 24.8 Å². The summed E-state index contributed by atoms with van der Waals surface area (Å²) in [5.74, 6) is 0.249. The van der Waals surface area contributed by atoms with Crippen LogP contribution in [0.15, 0.2) is 59.2 Å². The second kappa shape index (κ2) is 6.77. The van der Waals surface area contributed by atoms with E-state index in [0.29, 0.717) is 25.4 Å². The highest BCUT2D eigenvalue weighted by Crippen LogP contribution is 2.52. The SMILES string of the molecule is COc1ccc(CNC(=O)[C@H]2[C@@H]3C=C[C@]4(CN(Cc5ccco5)C(=O)[C@@H]24)O3)cc1. The van der Waals surface area contributed by atoms with Gasteiger partial charge in [-0.05, 0) is 29.8 Å². The number of hydrogen-bond donors (Lipinski definition) is 1. The highest BCUT2D eigenvalue weighted by atomic mass is 16.5. The maximum atomic E-state index is 13.1. The summed E-state index contributed by atoms with van der Waals surface area (Å²) >= 11 is 0. The van der Waals surface area contributed by atoms with Crippen molar-refractivity contribution < 1.29 is 23.5 Å². The molecule has 29 heavy (non-hydrogen) atoms. The van der Waals surface area contributed by atoms with Gasteiger partial charge < -0.3 is 24.1 Å². The van der Waals surface area contributed by atoms with Crippen LogP contribution < -0.4 is 10.1 Å². The van der Waals surface area contributed by atoms with E-state index in [4.69, 9.17) is 13.9 Å². The first-order valence-electron chi connectivity index (χ1n) is 9.69. The smallest absolute Gasteiger partial charge is 0.230 e. The number of benzene rings is 1. The van der Waals surface area contributed by atoms with E-state index in [9.17, 15) is 9.59 Å². The predicted molar refractivity (Wildman–Crippen MR) is 103 cm³/mol. The first kappa shape index (κ1) is 18.0. The molecule has 1 aromatic heterocycles. The molecule has 2 bridgehead atoms. The third kappa shape index (κ3) is 2.93. The molecule has 1 aromatic carbocycles.